The van der Waals surface area contributed by atoms with Gasteiger partial charge >= 0.3 is 0 Å². The fourth-order valence-electron chi connectivity index (χ4n) is 3.23. The minimum atomic E-state index is -3.48. The lowest BCUT2D eigenvalue weighted by molar-refractivity contribution is 0.174. The Hall–Kier alpha value is -1.31. The first-order valence-corrected chi connectivity index (χ1v) is 9.51. The molecule has 0 bridgehead atoms. The summed E-state index contributed by atoms with van der Waals surface area (Å²) in [5.74, 6) is 1.73. The van der Waals surface area contributed by atoms with Gasteiger partial charge in [-0.1, -0.05) is 0 Å². The van der Waals surface area contributed by atoms with Crippen LogP contribution in [-0.2, 0) is 10.0 Å². The van der Waals surface area contributed by atoms with Gasteiger partial charge in [-0.05, 0) is 57.3 Å². The van der Waals surface area contributed by atoms with Gasteiger partial charge in [0.2, 0.25) is 16.8 Å². The van der Waals surface area contributed by atoms with E-state index >= 15 is 0 Å². The molecule has 0 aromatic heterocycles. The van der Waals surface area contributed by atoms with Crippen LogP contribution >= 0.6 is 0 Å². The monoisotopic (exact) mass is 340 g/mol. The number of hydrogen-bond donors (Lipinski definition) is 1. The molecule has 2 aliphatic rings. The molecule has 0 atom stereocenters. The van der Waals surface area contributed by atoms with Crippen LogP contribution in [0.3, 0.4) is 0 Å². The molecule has 2 heterocycles. The van der Waals surface area contributed by atoms with E-state index in [0.717, 1.165) is 25.8 Å². The molecular weight excluding hydrogens is 316 g/mol. The Labute approximate surface area is 137 Å². The zero-order chi connectivity index (χ0) is 16.4. The molecule has 0 radical (unpaired) electrons. The van der Waals surface area contributed by atoms with Gasteiger partial charge in [0.1, 0.15) is 0 Å². The molecule has 1 aromatic carbocycles. The summed E-state index contributed by atoms with van der Waals surface area (Å²) < 4.78 is 38.1. The molecule has 0 amide bonds. The average Bonchev–Trinajstić information content (AvgIpc) is 2.99. The molecule has 128 valence electrons. The molecule has 0 unspecified atom stereocenters. The number of ether oxygens (including phenoxy) is 2. The SMILES string of the molecule is CNCCC1CCN(S(=O)(=O)c2cc3c(cc2C)OCO3)CC1. The first-order chi connectivity index (χ1) is 11.0. The number of sulfonamides is 1. The maximum atomic E-state index is 12.9. The number of nitrogens with one attached hydrogen (secondary N) is 1. The van der Waals surface area contributed by atoms with Crippen molar-refractivity contribution in [1.82, 2.24) is 9.62 Å². The first kappa shape index (κ1) is 16.5. The normalized spacial score (nSPS) is 19.2. The molecule has 0 saturated carbocycles. The van der Waals surface area contributed by atoms with E-state index in [-0.39, 0.29) is 6.79 Å². The van der Waals surface area contributed by atoms with Crippen molar-refractivity contribution in [2.45, 2.75) is 31.1 Å². The molecule has 2 aliphatic heterocycles. The Morgan fingerprint density at radius 2 is 1.87 bits per heavy atom. The molecule has 3 rings (SSSR count). The lowest BCUT2D eigenvalue weighted by Crippen LogP contribution is -2.39. The molecule has 0 aliphatic carbocycles. The summed E-state index contributed by atoms with van der Waals surface area (Å²) in [7, 11) is -1.53. The Morgan fingerprint density at radius 3 is 2.52 bits per heavy atom. The van der Waals surface area contributed by atoms with Crippen molar-refractivity contribution in [1.29, 1.82) is 0 Å². The smallest absolute Gasteiger partial charge is 0.243 e. The summed E-state index contributed by atoms with van der Waals surface area (Å²) in [5.41, 5.74) is 0.701. The largest absolute Gasteiger partial charge is 0.454 e. The van der Waals surface area contributed by atoms with Crippen molar-refractivity contribution >= 4 is 10.0 Å². The van der Waals surface area contributed by atoms with Crippen LogP contribution in [0, 0.1) is 12.8 Å². The van der Waals surface area contributed by atoms with Crippen molar-refractivity contribution in [3.05, 3.63) is 17.7 Å². The van der Waals surface area contributed by atoms with E-state index in [1.54, 1.807) is 23.4 Å². The number of hydrogen-bond acceptors (Lipinski definition) is 5. The van der Waals surface area contributed by atoms with Gasteiger partial charge in [0.15, 0.2) is 11.5 Å². The van der Waals surface area contributed by atoms with Crippen LogP contribution in [0.25, 0.3) is 0 Å². The van der Waals surface area contributed by atoms with E-state index in [1.165, 1.54) is 0 Å². The number of rotatable bonds is 5. The standard InChI is InChI=1S/C16H24N2O4S/c1-12-9-14-15(22-11-21-14)10-16(12)23(19,20)18-7-4-13(5-8-18)3-6-17-2/h9-10,13,17H,3-8,11H2,1-2H3. The van der Waals surface area contributed by atoms with Gasteiger partial charge in [-0.2, -0.15) is 4.31 Å². The van der Waals surface area contributed by atoms with Gasteiger partial charge in [-0.15, -0.1) is 0 Å². The number of nitrogens with zero attached hydrogens (tertiary/aromatic N) is 1. The van der Waals surface area contributed by atoms with Crippen molar-refractivity contribution < 1.29 is 17.9 Å². The van der Waals surface area contributed by atoms with Crippen LogP contribution in [0.1, 0.15) is 24.8 Å². The Kier molecular flexibility index (Phi) is 4.79. The van der Waals surface area contributed by atoms with Gasteiger partial charge in [0.25, 0.3) is 0 Å². The molecule has 1 N–H and O–H groups in total. The summed E-state index contributed by atoms with van der Waals surface area (Å²) in [4.78, 5) is 0.329. The lowest BCUT2D eigenvalue weighted by Gasteiger charge is -2.31. The third-order valence-corrected chi connectivity index (χ3v) is 6.70. The second kappa shape index (κ2) is 6.67. The number of piperidine rings is 1. The predicted octanol–water partition coefficient (Wildman–Crippen LogP) is 1.73. The van der Waals surface area contributed by atoms with E-state index in [1.807, 2.05) is 7.05 Å². The molecule has 0 spiro atoms. The van der Waals surface area contributed by atoms with Crippen molar-refractivity contribution in [2.24, 2.45) is 5.92 Å². The maximum absolute atomic E-state index is 12.9. The first-order valence-electron chi connectivity index (χ1n) is 8.07. The Bertz CT molecular complexity index is 667. The molecule has 1 fully saturated rings. The highest BCUT2D eigenvalue weighted by atomic mass is 32.2. The minimum Gasteiger partial charge on any atom is -0.454 e. The van der Waals surface area contributed by atoms with E-state index in [2.05, 4.69) is 5.32 Å². The highest BCUT2D eigenvalue weighted by Gasteiger charge is 2.31. The van der Waals surface area contributed by atoms with Gasteiger partial charge in [-0.25, -0.2) is 8.42 Å². The van der Waals surface area contributed by atoms with E-state index in [0.29, 0.717) is 41.0 Å². The fraction of sp³-hybridized carbons (Fsp3) is 0.625. The summed E-state index contributed by atoms with van der Waals surface area (Å²) in [6.07, 6.45) is 2.95. The Balaban J connectivity index is 1.75. The number of benzene rings is 1. The van der Waals surface area contributed by atoms with E-state index < -0.39 is 10.0 Å². The van der Waals surface area contributed by atoms with Crippen LogP contribution in [0.2, 0.25) is 0 Å². The third kappa shape index (κ3) is 3.32. The maximum Gasteiger partial charge on any atom is 0.243 e. The van der Waals surface area contributed by atoms with Crippen molar-refractivity contribution in [2.75, 3.05) is 33.5 Å². The molecule has 23 heavy (non-hydrogen) atoms. The Morgan fingerprint density at radius 1 is 1.22 bits per heavy atom. The minimum absolute atomic E-state index is 0.148. The quantitative estimate of drug-likeness (QED) is 0.884. The average molecular weight is 340 g/mol. The number of aryl methyl sites for hydroxylation is 1. The van der Waals surface area contributed by atoms with Crippen LogP contribution in [0.4, 0.5) is 0 Å². The molecule has 1 aromatic rings. The van der Waals surface area contributed by atoms with E-state index in [4.69, 9.17) is 9.47 Å². The highest BCUT2D eigenvalue weighted by Crippen LogP contribution is 2.37. The zero-order valence-electron chi connectivity index (χ0n) is 13.7. The van der Waals surface area contributed by atoms with E-state index in [9.17, 15) is 8.42 Å². The van der Waals surface area contributed by atoms with Crippen molar-refractivity contribution in [3.63, 3.8) is 0 Å². The van der Waals surface area contributed by atoms with Gasteiger partial charge in [-0.3, -0.25) is 0 Å². The van der Waals surface area contributed by atoms with Gasteiger partial charge < -0.3 is 14.8 Å². The van der Waals surface area contributed by atoms with Gasteiger partial charge in [0, 0.05) is 19.2 Å². The second-order valence-corrected chi connectivity index (χ2v) is 8.12. The molecule has 1 saturated heterocycles. The summed E-state index contributed by atoms with van der Waals surface area (Å²) >= 11 is 0. The van der Waals surface area contributed by atoms with Crippen molar-refractivity contribution in [3.8, 4) is 11.5 Å². The van der Waals surface area contributed by atoms with Crippen LogP contribution < -0.4 is 14.8 Å². The van der Waals surface area contributed by atoms with Crippen LogP contribution in [0.5, 0.6) is 11.5 Å². The summed E-state index contributed by atoms with van der Waals surface area (Å²) in [6, 6.07) is 3.34. The van der Waals surface area contributed by atoms with Crippen LogP contribution in [0.15, 0.2) is 17.0 Å². The lowest BCUT2D eigenvalue weighted by atomic mass is 9.95. The fourth-order valence-corrected chi connectivity index (χ4v) is 4.92. The zero-order valence-corrected chi connectivity index (χ0v) is 14.5. The summed E-state index contributed by atoms with van der Waals surface area (Å²) in [6.45, 7) is 4.11. The number of fused-ring (bicyclic) bond motifs is 1. The summed E-state index contributed by atoms with van der Waals surface area (Å²) in [5, 5.41) is 3.16. The van der Waals surface area contributed by atoms with Gasteiger partial charge in [0.05, 0.1) is 4.90 Å². The third-order valence-electron chi connectivity index (χ3n) is 4.66. The highest BCUT2D eigenvalue weighted by molar-refractivity contribution is 7.89. The van der Waals surface area contributed by atoms with Crippen LogP contribution in [-0.4, -0.2) is 46.2 Å². The predicted molar refractivity (Wildman–Crippen MR) is 87.3 cm³/mol. The topological polar surface area (TPSA) is 67.9 Å². The second-order valence-electron chi connectivity index (χ2n) is 6.21. The molecular formula is C16H24N2O4S. The molecule has 6 nitrogen and oxygen atoms in total. The molecule has 7 heteroatoms.